The Morgan fingerprint density at radius 3 is 2.92 bits per heavy atom. The van der Waals surface area contributed by atoms with Gasteiger partial charge in [-0.3, -0.25) is 14.3 Å². The molecule has 3 aromatic heterocycles. The molecule has 4 rings (SSSR count). The highest BCUT2D eigenvalue weighted by atomic mass is 16.3. The van der Waals surface area contributed by atoms with E-state index in [4.69, 9.17) is 8.83 Å². The molecule has 1 amide bonds. The molecule has 7 heteroatoms. The summed E-state index contributed by atoms with van der Waals surface area (Å²) in [5, 5.41) is 7.43. The van der Waals surface area contributed by atoms with E-state index in [-0.39, 0.29) is 11.2 Å². The fraction of sp³-hybridized carbons (Fsp3) is 0.105. The molecule has 0 spiro atoms. The first kappa shape index (κ1) is 15.9. The first-order valence-corrected chi connectivity index (χ1v) is 8.07. The average Bonchev–Trinajstić information content (AvgIpc) is 3.33. The molecule has 0 saturated heterocycles. The molecule has 26 heavy (non-hydrogen) atoms. The van der Waals surface area contributed by atoms with Gasteiger partial charge in [0, 0.05) is 29.9 Å². The summed E-state index contributed by atoms with van der Waals surface area (Å²) in [4.78, 5) is 24.3. The number of nitrogens with zero attached hydrogens (tertiary/aromatic N) is 2. The van der Waals surface area contributed by atoms with Crippen molar-refractivity contribution in [2.24, 2.45) is 0 Å². The molecule has 0 saturated carbocycles. The molecule has 130 valence electrons. The van der Waals surface area contributed by atoms with Crippen LogP contribution in [0, 0.1) is 0 Å². The zero-order valence-corrected chi connectivity index (χ0v) is 13.7. The summed E-state index contributed by atoms with van der Waals surface area (Å²) >= 11 is 0. The van der Waals surface area contributed by atoms with Crippen molar-refractivity contribution in [2.45, 2.75) is 6.54 Å². The maximum Gasteiger partial charge on any atom is 0.287 e. The van der Waals surface area contributed by atoms with E-state index in [0.29, 0.717) is 24.1 Å². The molecule has 0 aliphatic carbocycles. The van der Waals surface area contributed by atoms with E-state index in [1.54, 1.807) is 47.7 Å². The van der Waals surface area contributed by atoms with Crippen molar-refractivity contribution >= 4 is 16.9 Å². The van der Waals surface area contributed by atoms with Crippen molar-refractivity contribution in [3.05, 3.63) is 77.3 Å². The lowest BCUT2D eigenvalue weighted by Gasteiger charge is -2.05. The number of hydrogen-bond acceptors (Lipinski definition) is 5. The van der Waals surface area contributed by atoms with Gasteiger partial charge in [-0.25, -0.2) is 0 Å². The highest BCUT2D eigenvalue weighted by molar-refractivity contribution is 5.93. The van der Waals surface area contributed by atoms with Crippen molar-refractivity contribution in [2.75, 3.05) is 6.54 Å². The van der Waals surface area contributed by atoms with E-state index in [2.05, 4.69) is 10.4 Å². The van der Waals surface area contributed by atoms with Gasteiger partial charge >= 0.3 is 0 Å². The number of para-hydroxylation sites is 1. The van der Waals surface area contributed by atoms with Gasteiger partial charge in [-0.05, 0) is 18.2 Å². The van der Waals surface area contributed by atoms with Crippen LogP contribution in [-0.4, -0.2) is 22.2 Å². The van der Waals surface area contributed by atoms with E-state index in [1.807, 2.05) is 12.3 Å². The van der Waals surface area contributed by atoms with Gasteiger partial charge in [0.15, 0.2) is 11.2 Å². The number of carbonyl (C=O) groups is 1. The second-order valence-corrected chi connectivity index (χ2v) is 5.73. The summed E-state index contributed by atoms with van der Waals surface area (Å²) in [6.07, 6.45) is 6.84. The van der Waals surface area contributed by atoms with Crippen LogP contribution >= 0.6 is 0 Å². The molecule has 3 heterocycles. The normalized spacial score (nSPS) is 10.9. The van der Waals surface area contributed by atoms with Crippen molar-refractivity contribution in [3.63, 3.8) is 0 Å². The van der Waals surface area contributed by atoms with Crippen LogP contribution < -0.4 is 10.7 Å². The number of benzene rings is 1. The van der Waals surface area contributed by atoms with Gasteiger partial charge in [0.05, 0.1) is 30.7 Å². The van der Waals surface area contributed by atoms with Gasteiger partial charge < -0.3 is 14.2 Å². The molecule has 1 N–H and O–H groups in total. The zero-order chi connectivity index (χ0) is 17.9. The van der Waals surface area contributed by atoms with Crippen LogP contribution in [0.15, 0.2) is 74.9 Å². The standard InChI is InChI=1S/C19H15N3O4/c23-16-9-18(26-17-4-2-1-3-15(16)17)19(24)20-6-7-22-11-14(10-21-22)13-5-8-25-12-13/h1-5,8-12H,6-7H2,(H,20,24). The number of hydrogen-bond donors (Lipinski definition) is 1. The molecule has 7 nitrogen and oxygen atoms in total. The topological polar surface area (TPSA) is 90.3 Å². The number of fused-ring (bicyclic) bond motifs is 1. The maximum atomic E-state index is 12.2. The number of rotatable bonds is 5. The van der Waals surface area contributed by atoms with E-state index < -0.39 is 5.91 Å². The third kappa shape index (κ3) is 3.14. The van der Waals surface area contributed by atoms with Crippen LogP contribution in [0.2, 0.25) is 0 Å². The summed E-state index contributed by atoms with van der Waals surface area (Å²) in [5.74, 6) is -0.441. The molecule has 0 atom stereocenters. The molecule has 4 aromatic rings. The minimum Gasteiger partial charge on any atom is -0.472 e. The lowest BCUT2D eigenvalue weighted by Crippen LogP contribution is -2.28. The van der Waals surface area contributed by atoms with Gasteiger partial charge in [0.25, 0.3) is 5.91 Å². The van der Waals surface area contributed by atoms with Crippen LogP contribution in [-0.2, 0) is 6.54 Å². The fourth-order valence-corrected chi connectivity index (χ4v) is 2.65. The Labute approximate surface area is 147 Å². The van der Waals surface area contributed by atoms with Crippen molar-refractivity contribution < 1.29 is 13.6 Å². The molecule has 0 unspecified atom stereocenters. The fourth-order valence-electron chi connectivity index (χ4n) is 2.65. The largest absolute Gasteiger partial charge is 0.472 e. The molecule has 0 bridgehead atoms. The van der Waals surface area contributed by atoms with E-state index >= 15 is 0 Å². The van der Waals surface area contributed by atoms with Crippen LogP contribution in [0.5, 0.6) is 0 Å². The zero-order valence-electron chi connectivity index (χ0n) is 13.7. The summed E-state index contributed by atoms with van der Waals surface area (Å²) in [6.45, 7) is 0.837. The lowest BCUT2D eigenvalue weighted by molar-refractivity contribution is 0.0925. The van der Waals surface area contributed by atoms with Crippen LogP contribution in [0.3, 0.4) is 0 Å². The molecule has 1 aromatic carbocycles. The van der Waals surface area contributed by atoms with Gasteiger partial charge in [-0.15, -0.1) is 0 Å². The van der Waals surface area contributed by atoms with Crippen molar-refractivity contribution in [1.82, 2.24) is 15.1 Å². The highest BCUT2D eigenvalue weighted by Gasteiger charge is 2.12. The molecular formula is C19H15N3O4. The Balaban J connectivity index is 1.41. The quantitative estimate of drug-likeness (QED) is 0.598. The van der Waals surface area contributed by atoms with E-state index in [9.17, 15) is 9.59 Å². The minimum atomic E-state index is -0.435. The monoisotopic (exact) mass is 349 g/mol. The van der Waals surface area contributed by atoms with Crippen LogP contribution in [0.4, 0.5) is 0 Å². The summed E-state index contributed by atoms with van der Waals surface area (Å²) < 4.78 is 12.3. The second kappa shape index (κ2) is 6.72. The predicted molar refractivity (Wildman–Crippen MR) is 94.7 cm³/mol. The van der Waals surface area contributed by atoms with Gasteiger partial charge in [0.2, 0.25) is 0 Å². The minimum absolute atomic E-state index is 0.00625. The van der Waals surface area contributed by atoms with Gasteiger partial charge in [-0.2, -0.15) is 5.10 Å². The summed E-state index contributed by atoms with van der Waals surface area (Å²) in [5.41, 5.74) is 2.03. The average molecular weight is 349 g/mol. The Morgan fingerprint density at radius 1 is 1.19 bits per heavy atom. The second-order valence-electron chi connectivity index (χ2n) is 5.73. The number of amides is 1. The Kier molecular flexibility index (Phi) is 4.10. The first-order valence-electron chi connectivity index (χ1n) is 8.07. The lowest BCUT2D eigenvalue weighted by atomic mass is 10.2. The Morgan fingerprint density at radius 2 is 2.08 bits per heavy atom. The molecule has 0 fully saturated rings. The van der Waals surface area contributed by atoms with Crippen molar-refractivity contribution in [3.8, 4) is 11.1 Å². The molecular weight excluding hydrogens is 334 g/mol. The van der Waals surface area contributed by atoms with Crippen LogP contribution in [0.25, 0.3) is 22.1 Å². The first-order chi connectivity index (χ1) is 12.7. The Bertz CT molecular complexity index is 1110. The number of carbonyl (C=O) groups excluding carboxylic acids is 1. The van der Waals surface area contributed by atoms with E-state index in [1.165, 1.54) is 6.07 Å². The smallest absolute Gasteiger partial charge is 0.287 e. The summed E-state index contributed by atoms with van der Waals surface area (Å²) in [7, 11) is 0. The van der Waals surface area contributed by atoms with E-state index in [0.717, 1.165) is 11.1 Å². The van der Waals surface area contributed by atoms with Gasteiger partial charge in [0.1, 0.15) is 5.58 Å². The third-order valence-electron chi connectivity index (χ3n) is 3.97. The number of aromatic nitrogens is 2. The SMILES string of the molecule is O=C(NCCn1cc(-c2ccoc2)cn1)c1cc(=O)c2ccccc2o1. The third-order valence-corrected chi connectivity index (χ3v) is 3.97. The molecule has 0 radical (unpaired) electrons. The maximum absolute atomic E-state index is 12.2. The van der Waals surface area contributed by atoms with Crippen LogP contribution in [0.1, 0.15) is 10.6 Å². The predicted octanol–water partition coefficient (Wildman–Crippen LogP) is 2.68. The molecule has 0 aliphatic heterocycles. The number of nitrogens with one attached hydrogen (secondary N) is 1. The highest BCUT2D eigenvalue weighted by Crippen LogP contribution is 2.18. The molecule has 0 aliphatic rings. The van der Waals surface area contributed by atoms with Gasteiger partial charge in [-0.1, -0.05) is 12.1 Å². The van der Waals surface area contributed by atoms with Crippen molar-refractivity contribution in [1.29, 1.82) is 0 Å². The number of furan rings is 1. The Hall–Kier alpha value is -3.61. The summed E-state index contributed by atoms with van der Waals surface area (Å²) in [6, 6.07) is 9.89.